The number of anilines is 1. The van der Waals surface area contributed by atoms with Gasteiger partial charge in [0.15, 0.2) is 17.5 Å². The summed E-state index contributed by atoms with van der Waals surface area (Å²) in [4.78, 5) is 13.5. The molecular weight excluding hydrogens is 378 g/mol. The first-order valence-electron chi connectivity index (χ1n) is 10.5. The third-order valence-electron chi connectivity index (χ3n) is 5.45. The maximum absolute atomic E-state index is 5.40. The second kappa shape index (κ2) is 10.7. The Morgan fingerprint density at radius 3 is 2.57 bits per heavy atom. The Kier molecular flexibility index (Phi) is 7.76. The van der Waals surface area contributed by atoms with E-state index in [9.17, 15) is 0 Å². The van der Waals surface area contributed by atoms with Gasteiger partial charge in [0.2, 0.25) is 0 Å². The molecule has 1 N–H and O–H groups in total. The van der Waals surface area contributed by atoms with Gasteiger partial charge in [-0.25, -0.2) is 4.98 Å². The minimum atomic E-state index is 0.719. The Hall–Kier alpha value is -2.96. The highest BCUT2D eigenvalue weighted by atomic mass is 16.5. The van der Waals surface area contributed by atoms with Crippen LogP contribution in [0.4, 0.5) is 5.82 Å². The second-order valence-electron chi connectivity index (χ2n) is 7.48. The van der Waals surface area contributed by atoms with E-state index in [1.165, 1.54) is 24.0 Å². The molecule has 2 heterocycles. The van der Waals surface area contributed by atoms with Gasteiger partial charge in [0.05, 0.1) is 14.2 Å². The van der Waals surface area contributed by atoms with Crippen molar-refractivity contribution in [2.45, 2.75) is 25.8 Å². The number of methoxy groups -OCH3 is 2. The van der Waals surface area contributed by atoms with Crippen molar-refractivity contribution in [3.8, 4) is 11.5 Å². The van der Waals surface area contributed by atoms with Gasteiger partial charge in [0.25, 0.3) is 0 Å². The molecule has 1 aliphatic rings. The van der Waals surface area contributed by atoms with Gasteiger partial charge >= 0.3 is 0 Å². The molecule has 0 radical (unpaired) electrons. The van der Waals surface area contributed by atoms with E-state index in [0.717, 1.165) is 55.9 Å². The molecule has 3 rings (SSSR count). The van der Waals surface area contributed by atoms with Crippen LogP contribution >= 0.6 is 0 Å². The minimum absolute atomic E-state index is 0.719. The maximum Gasteiger partial charge on any atom is 0.193 e. The number of guanidine groups is 1. The Balaban J connectivity index is 1.54. The van der Waals surface area contributed by atoms with Crippen LogP contribution in [0.15, 0.2) is 41.5 Å². The van der Waals surface area contributed by atoms with Crippen LogP contribution in [-0.2, 0) is 13.0 Å². The summed E-state index contributed by atoms with van der Waals surface area (Å²) in [5.74, 6) is 3.45. The number of hydrogen-bond donors (Lipinski definition) is 1. The molecule has 0 amide bonds. The third kappa shape index (κ3) is 5.55. The third-order valence-corrected chi connectivity index (χ3v) is 5.45. The minimum Gasteiger partial charge on any atom is -0.493 e. The molecule has 0 aliphatic carbocycles. The average molecular weight is 412 g/mol. The van der Waals surface area contributed by atoms with E-state index in [1.807, 2.05) is 25.4 Å². The van der Waals surface area contributed by atoms with Crippen molar-refractivity contribution in [1.82, 2.24) is 15.2 Å². The Bertz CT molecular complexity index is 849. The fourth-order valence-corrected chi connectivity index (χ4v) is 3.69. The molecule has 0 bridgehead atoms. The first-order chi connectivity index (χ1) is 14.6. The predicted molar refractivity (Wildman–Crippen MR) is 122 cm³/mol. The van der Waals surface area contributed by atoms with E-state index in [2.05, 4.69) is 50.3 Å². The average Bonchev–Trinajstić information content (AvgIpc) is 3.33. The summed E-state index contributed by atoms with van der Waals surface area (Å²) in [6.07, 6.45) is 5.28. The van der Waals surface area contributed by atoms with Crippen molar-refractivity contribution in [3.63, 3.8) is 0 Å². The number of hydrogen-bond acceptors (Lipinski definition) is 5. The van der Waals surface area contributed by atoms with Crippen molar-refractivity contribution in [2.75, 3.05) is 52.8 Å². The Morgan fingerprint density at radius 2 is 1.87 bits per heavy atom. The van der Waals surface area contributed by atoms with E-state index < -0.39 is 0 Å². The number of ether oxygens (including phenoxy) is 2. The van der Waals surface area contributed by atoms with E-state index in [4.69, 9.17) is 9.47 Å². The molecule has 30 heavy (non-hydrogen) atoms. The topological polar surface area (TPSA) is 62.2 Å². The van der Waals surface area contributed by atoms with Crippen molar-refractivity contribution in [3.05, 3.63) is 47.7 Å². The van der Waals surface area contributed by atoms with Crippen molar-refractivity contribution in [2.24, 2.45) is 4.99 Å². The van der Waals surface area contributed by atoms with Crippen LogP contribution < -0.4 is 19.7 Å². The van der Waals surface area contributed by atoms with Gasteiger partial charge in [0.1, 0.15) is 5.82 Å². The Morgan fingerprint density at radius 1 is 1.10 bits per heavy atom. The lowest BCUT2D eigenvalue weighted by Crippen LogP contribution is -2.39. The van der Waals surface area contributed by atoms with Crippen LogP contribution in [0.2, 0.25) is 0 Å². The van der Waals surface area contributed by atoms with Crippen molar-refractivity contribution >= 4 is 11.8 Å². The fourth-order valence-electron chi connectivity index (χ4n) is 3.69. The van der Waals surface area contributed by atoms with Crippen LogP contribution in [-0.4, -0.2) is 63.8 Å². The standard InChI is InChI=1S/C23H33N5O2/c1-24-23(26-17-19-9-11-25-22(16-19)28-12-5-6-13-28)27(2)14-10-18-7-8-20(29-3)21(15-18)30-4/h7-9,11,15-16H,5-6,10,12-14,17H2,1-4H3,(H,24,26). The van der Waals surface area contributed by atoms with Gasteiger partial charge in [-0.1, -0.05) is 6.07 Å². The number of benzene rings is 1. The Labute approximate surface area is 179 Å². The summed E-state index contributed by atoms with van der Waals surface area (Å²) in [6, 6.07) is 10.3. The maximum atomic E-state index is 5.40. The lowest BCUT2D eigenvalue weighted by atomic mass is 10.1. The van der Waals surface area contributed by atoms with Gasteiger partial charge in [-0.2, -0.15) is 0 Å². The zero-order valence-corrected chi connectivity index (χ0v) is 18.5. The van der Waals surface area contributed by atoms with Crippen LogP contribution in [0, 0.1) is 0 Å². The monoisotopic (exact) mass is 411 g/mol. The molecule has 0 spiro atoms. The molecular formula is C23H33N5O2. The van der Waals surface area contributed by atoms with Crippen LogP contribution in [0.5, 0.6) is 11.5 Å². The van der Waals surface area contributed by atoms with Crippen LogP contribution in [0.3, 0.4) is 0 Å². The summed E-state index contributed by atoms with van der Waals surface area (Å²) in [7, 11) is 7.18. The predicted octanol–water partition coefficient (Wildman–Crippen LogP) is 2.95. The fraction of sp³-hybridized carbons (Fsp3) is 0.478. The smallest absolute Gasteiger partial charge is 0.193 e. The first-order valence-corrected chi connectivity index (χ1v) is 10.5. The number of pyridine rings is 1. The highest BCUT2D eigenvalue weighted by Gasteiger charge is 2.14. The number of aromatic nitrogens is 1. The van der Waals surface area contributed by atoms with E-state index >= 15 is 0 Å². The second-order valence-corrected chi connectivity index (χ2v) is 7.48. The first kappa shape index (κ1) is 21.7. The summed E-state index contributed by atoms with van der Waals surface area (Å²) in [6.45, 7) is 3.76. The van der Waals surface area contributed by atoms with Gasteiger partial charge in [-0.15, -0.1) is 0 Å². The van der Waals surface area contributed by atoms with Gasteiger partial charge in [-0.05, 0) is 54.7 Å². The highest BCUT2D eigenvalue weighted by molar-refractivity contribution is 5.79. The zero-order valence-electron chi connectivity index (χ0n) is 18.5. The SMILES string of the molecule is CN=C(NCc1ccnc(N2CCCC2)c1)N(C)CCc1ccc(OC)c(OC)c1. The molecule has 1 aromatic carbocycles. The quantitative estimate of drug-likeness (QED) is 0.532. The largest absolute Gasteiger partial charge is 0.493 e. The van der Waals surface area contributed by atoms with Gasteiger partial charge in [-0.3, -0.25) is 4.99 Å². The molecule has 7 nitrogen and oxygen atoms in total. The lowest BCUT2D eigenvalue weighted by molar-refractivity contribution is 0.354. The number of aliphatic imine (C=N–C) groups is 1. The van der Waals surface area contributed by atoms with E-state index in [1.54, 1.807) is 14.2 Å². The molecule has 0 atom stereocenters. The molecule has 162 valence electrons. The van der Waals surface area contributed by atoms with E-state index in [-0.39, 0.29) is 0 Å². The van der Waals surface area contributed by atoms with Crippen molar-refractivity contribution in [1.29, 1.82) is 0 Å². The van der Waals surface area contributed by atoms with Crippen LogP contribution in [0.1, 0.15) is 24.0 Å². The normalized spacial score (nSPS) is 14.0. The number of nitrogens with zero attached hydrogens (tertiary/aromatic N) is 4. The molecule has 0 unspecified atom stereocenters. The molecule has 7 heteroatoms. The molecule has 1 aliphatic heterocycles. The lowest BCUT2D eigenvalue weighted by Gasteiger charge is -2.23. The summed E-state index contributed by atoms with van der Waals surface area (Å²) in [5.41, 5.74) is 2.40. The number of nitrogens with one attached hydrogen (secondary N) is 1. The van der Waals surface area contributed by atoms with Crippen LogP contribution in [0.25, 0.3) is 0 Å². The zero-order chi connectivity index (χ0) is 21.3. The summed E-state index contributed by atoms with van der Waals surface area (Å²) >= 11 is 0. The molecule has 0 saturated carbocycles. The van der Waals surface area contributed by atoms with E-state index in [0.29, 0.717) is 0 Å². The summed E-state index contributed by atoms with van der Waals surface area (Å²) in [5, 5.41) is 3.47. The van der Waals surface area contributed by atoms with Crippen molar-refractivity contribution < 1.29 is 9.47 Å². The molecule has 1 aromatic heterocycles. The highest BCUT2D eigenvalue weighted by Crippen LogP contribution is 2.27. The molecule has 2 aromatic rings. The van der Waals surface area contributed by atoms with Gasteiger partial charge in [0, 0.05) is 46.5 Å². The number of likely N-dealkylation sites (N-methyl/N-ethyl adjacent to an activating group) is 1. The number of rotatable bonds is 8. The summed E-state index contributed by atoms with van der Waals surface area (Å²) < 4.78 is 10.7. The molecule has 1 saturated heterocycles. The van der Waals surface area contributed by atoms with Gasteiger partial charge < -0.3 is 24.6 Å². The molecule has 1 fully saturated rings.